The number of benzene rings is 3. The first-order valence-electron chi connectivity index (χ1n) is 9.00. The van der Waals surface area contributed by atoms with E-state index < -0.39 is 10.9 Å². The standard InChI is InChI=1S/C24H19NO4/c1-18(24(26)29-22-15-13-21(14-16-22)25(27)28)12-17-23(19-8-4-2-5-9-19)20-10-6-3-7-11-20/h2-17H,1H3/b18-12+. The van der Waals surface area contributed by atoms with Crippen LogP contribution in [0.3, 0.4) is 0 Å². The van der Waals surface area contributed by atoms with Gasteiger partial charge in [0.15, 0.2) is 0 Å². The van der Waals surface area contributed by atoms with Gasteiger partial charge in [-0.3, -0.25) is 10.1 Å². The Morgan fingerprint density at radius 1 is 0.828 bits per heavy atom. The summed E-state index contributed by atoms with van der Waals surface area (Å²) in [5, 5.41) is 10.7. The number of nitrogens with zero attached hydrogens (tertiary/aromatic N) is 1. The van der Waals surface area contributed by atoms with Crippen LogP contribution in [-0.2, 0) is 4.79 Å². The zero-order valence-corrected chi connectivity index (χ0v) is 15.8. The molecule has 3 rings (SSSR count). The lowest BCUT2D eigenvalue weighted by Gasteiger charge is -2.08. The molecule has 3 aromatic rings. The molecule has 0 aromatic heterocycles. The molecule has 0 aliphatic heterocycles. The maximum absolute atomic E-state index is 12.4. The van der Waals surface area contributed by atoms with E-state index in [1.54, 1.807) is 13.0 Å². The van der Waals surface area contributed by atoms with Gasteiger partial charge in [-0.05, 0) is 35.8 Å². The molecule has 144 valence electrons. The third-order valence-electron chi connectivity index (χ3n) is 4.25. The van der Waals surface area contributed by atoms with E-state index in [2.05, 4.69) is 0 Å². The van der Waals surface area contributed by atoms with E-state index >= 15 is 0 Å². The molecule has 0 saturated carbocycles. The average Bonchev–Trinajstić information content (AvgIpc) is 2.75. The van der Waals surface area contributed by atoms with E-state index in [0.29, 0.717) is 5.57 Å². The van der Waals surface area contributed by atoms with Crippen molar-refractivity contribution in [2.45, 2.75) is 6.92 Å². The predicted octanol–water partition coefficient (Wildman–Crippen LogP) is 5.58. The number of non-ortho nitro benzene ring substituents is 1. The summed E-state index contributed by atoms with van der Waals surface area (Å²) in [5.74, 6) is -0.265. The Labute approximate surface area is 168 Å². The Kier molecular flexibility index (Phi) is 6.32. The van der Waals surface area contributed by atoms with Crippen molar-refractivity contribution in [2.24, 2.45) is 0 Å². The smallest absolute Gasteiger partial charge is 0.339 e. The second kappa shape index (κ2) is 9.28. The highest BCUT2D eigenvalue weighted by molar-refractivity contribution is 5.91. The average molecular weight is 385 g/mol. The van der Waals surface area contributed by atoms with Gasteiger partial charge in [-0.25, -0.2) is 4.79 Å². The van der Waals surface area contributed by atoms with Crippen LogP contribution in [0.2, 0.25) is 0 Å². The van der Waals surface area contributed by atoms with Crippen LogP contribution < -0.4 is 4.74 Å². The summed E-state index contributed by atoms with van der Waals surface area (Å²) in [6.07, 6.45) is 3.60. The van der Waals surface area contributed by atoms with Gasteiger partial charge in [-0.1, -0.05) is 72.8 Å². The second-order valence-corrected chi connectivity index (χ2v) is 6.30. The molecule has 0 spiro atoms. The van der Waals surface area contributed by atoms with Crippen molar-refractivity contribution >= 4 is 17.2 Å². The van der Waals surface area contributed by atoms with Gasteiger partial charge in [0, 0.05) is 17.7 Å². The second-order valence-electron chi connectivity index (χ2n) is 6.30. The van der Waals surface area contributed by atoms with E-state index in [0.717, 1.165) is 16.7 Å². The fraction of sp³-hybridized carbons (Fsp3) is 0.0417. The van der Waals surface area contributed by atoms with Gasteiger partial charge in [-0.15, -0.1) is 0 Å². The van der Waals surface area contributed by atoms with Crippen molar-refractivity contribution < 1.29 is 14.5 Å². The Hall–Kier alpha value is -3.99. The summed E-state index contributed by atoms with van der Waals surface area (Å²) in [6, 6.07) is 25.2. The zero-order chi connectivity index (χ0) is 20.6. The molecule has 0 amide bonds. The first kappa shape index (κ1) is 19.8. The predicted molar refractivity (Wildman–Crippen MR) is 112 cm³/mol. The largest absolute Gasteiger partial charge is 0.423 e. The quantitative estimate of drug-likeness (QED) is 0.139. The van der Waals surface area contributed by atoms with E-state index in [1.165, 1.54) is 24.3 Å². The number of esters is 1. The van der Waals surface area contributed by atoms with Crippen LogP contribution >= 0.6 is 0 Å². The molecule has 0 fully saturated rings. The highest BCUT2D eigenvalue weighted by atomic mass is 16.6. The molecule has 0 atom stereocenters. The summed E-state index contributed by atoms with van der Waals surface area (Å²) in [6.45, 7) is 1.66. The monoisotopic (exact) mass is 385 g/mol. The number of carbonyl (C=O) groups is 1. The summed E-state index contributed by atoms with van der Waals surface area (Å²) < 4.78 is 5.30. The first-order valence-corrected chi connectivity index (χ1v) is 9.00. The molecule has 29 heavy (non-hydrogen) atoms. The van der Waals surface area contributed by atoms with E-state index in [9.17, 15) is 14.9 Å². The van der Waals surface area contributed by atoms with Gasteiger partial charge in [0.05, 0.1) is 4.92 Å². The molecule has 0 radical (unpaired) electrons. The van der Waals surface area contributed by atoms with Crippen LogP contribution in [0.1, 0.15) is 18.1 Å². The number of carbonyl (C=O) groups excluding carboxylic acids is 1. The number of hydrogen-bond acceptors (Lipinski definition) is 4. The molecule has 0 aliphatic carbocycles. The number of hydrogen-bond donors (Lipinski definition) is 0. The number of rotatable bonds is 6. The van der Waals surface area contributed by atoms with E-state index in [-0.39, 0.29) is 11.4 Å². The summed E-state index contributed by atoms with van der Waals surface area (Å²) in [4.78, 5) is 22.6. The van der Waals surface area contributed by atoms with Crippen LogP contribution in [0, 0.1) is 10.1 Å². The highest BCUT2D eigenvalue weighted by Gasteiger charge is 2.10. The number of nitro groups is 1. The maximum atomic E-state index is 12.4. The summed E-state index contributed by atoms with van der Waals surface area (Å²) in [7, 11) is 0. The van der Waals surface area contributed by atoms with Crippen molar-refractivity contribution in [3.8, 4) is 5.75 Å². The van der Waals surface area contributed by atoms with Gasteiger partial charge in [0.25, 0.3) is 5.69 Å². The fourth-order valence-corrected chi connectivity index (χ4v) is 2.69. The molecule has 0 unspecified atom stereocenters. The molecule has 3 aromatic carbocycles. The molecular formula is C24H19NO4. The van der Waals surface area contributed by atoms with Gasteiger partial charge in [0.2, 0.25) is 0 Å². The number of nitro benzene ring substituents is 1. The molecule has 0 bridgehead atoms. The molecule has 0 saturated heterocycles. The van der Waals surface area contributed by atoms with Crippen molar-refractivity contribution in [1.82, 2.24) is 0 Å². The van der Waals surface area contributed by atoms with E-state index in [4.69, 9.17) is 4.74 Å². The molecule has 5 nitrogen and oxygen atoms in total. The van der Waals surface area contributed by atoms with Crippen molar-refractivity contribution in [3.05, 3.63) is 124 Å². The normalized spacial score (nSPS) is 10.9. The van der Waals surface area contributed by atoms with Crippen LogP contribution in [0.4, 0.5) is 5.69 Å². The van der Waals surface area contributed by atoms with Crippen LogP contribution in [0.5, 0.6) is 5.75 Å². The lowest BCUT2D eigenvalue weighted by molar-refractivity contribution is -0.384. The zero-order valence-electron chi connectivity index (χ0n) is 15.8. The lowest BCUT2D eigenvalue weighted by Crippen LogP contribution is -2.09. The van der Waals surface area contributed by atoms with Gasteiger partial charge in [0.1, 0.15) is 5.75 Å². The lowest BCUT2D eigenvalue weighted by atomic mass is 9.97. The Morgan fingerprint density at radius 2 is 1.34 bits per heavy atom. The fourth-order valence-electron chi connectivity index (χ4n) is 2.69. The van der Waals surface area contributed by atoms with Gasteiger partial charge >= 0.3 is 5.97 Å². The highest BCUT2D eigenvalue weighted by Crippen LogP contribution is 2.24. The summed E-state index contributed by atoms with van der Waals surface area (Å²) in [5.41, 5.74) is 3.40. The number of allylic oxidation sites excluding steroid dienone is 2. The third-order valence-corrected chi connectivity index (χ3v) is 4.25. The van der Waals surface area contributed by atoms with Crippen molar-refractivity contribution in [2.75, 3.05) is 0 Å². The molecule has 0 aliphatic rings. The Balaban J connectivity index is 1.82. The SMILES string of the molecule is C/C(=C\C=C(c1ccccc1)c1ccccc1)C(=O)Oc1ccc([N+](=O)[O-])cc1. The summed E-state index contributed by atoms with van der Waals surface area (Å²) >= 11 is 0. The van der Waals surface area contributed by atoms with Crippen molar-refractivity contribution in [3.63, 3.8) is 0 Å². The van der Waals surface area contributed by atoms with Crippen LogP contribution in [0.15, 0.2) is 103 Å². The number of ether oxygens (including phenoxy) is 1. The molecular weight excluding hydrogens is 366 g/mol. The first-order chi connectivity index (χ1) is 14.0. The van der Waals surface area contributed by atoms with Gasteiger partial charge in [-0.2, -0.15) is 0 Å². The van der Waals surface area contributed by atoms with Crippen LogP contribution in [0.25, 0.3) is 5.57 Å². The minimum Gasteiger partial charge on any atom is -0.423 e. The Morgan fingerprint density at radius 3 is 1.83 bits per heavy atom. The maximum Gasteiger partial charge on any atom is 0.339 e. The topological polar surface area (TPSA) is 69.4 Å². The molecule has 0 N–H and O–H groups in total. The van der Waals surface area contributed by atoms with E-state index in [1.807, 2.05) is 66.7 Å². The van der Waals surface area contributed by atoms with Gasteiger partial charge < -0.3 is 4.74 Å². The molecule has 0 heterocycles. The minimum atomic E-state index is -0.518. The molecule has 5 heteroatoms. The van der Waals surface area contributed by atoms with Crippen molar-refractivity contribution in [1.29, 1.82) is 0 Å². The third kappa shape index (κ3) is 5.26. The van der Waals surface area contributed by atoms with Crippen LogP contribution in [-0.4, -0.2) is 10.9 Å². The minimum absolute atomic E-state index is 0.0599. The Bertz CT molecular complexity index is 1010.